The second-order valence-corrected chi connectivity index (χ2v) is 5.04. The van der Waals surface area contributed by atoms with E-state index in [9.17, 15) is 0 Å². The van der Waals surface area contributed by atoms with Gasteiger partial charge in [-0.2, -0.15) is 0 Å². The molecule has 0 aliphatic carbocycles. The van der Waals surface area contributed by atoms with Crippen LogP contribution in [0.25, 0.3) is 0 Å². The zero-order valence-electron chi connectivity index (χ0n) is 11.6. The molecule has 0 aliphatic heterocycles. The summed E-state index contributed by atoms with van der Waals surface area (Å²) in [5, 5.41) is 0. The molecule has 1 nitrogen and oxygen atoms in total. The highest BCUT2D eigenvalue weighted by molar-refractivity contribution is 4.61. The molecule has 92 valence electrons. The van der Waals surface area contributed by atoms with Crippen molar-refractivity contribution >= 4 is 0 Å². The van der Waals surface area contributed by atoms with E-state index in [1.54, 1.807) is 0 Å². The Bertz CT molecular complexity index is 119. The fourth-order valence-electron chi connectivity index (χ4n) is 1.64. The molecule has 0 amide bonds. The van der Waals surface area contributed by atoms with Crippen LogP contribution in [0.2, 0.25) is 0 Å². The van der Waals surface area contributed by atoms with Crippen molar-refractivity contribution < 1.29 is 0 Å². The molecule has 0 heterocycles. The molecule has 0 bridgehead atoms. The van der Waals surface area contributed by atoms with Gasteiger partial charge in [0.05, 0.1) is 0 Å². The van der Waals surface area contributed by atoms with Crippen molar-refractivity contribution in [2.24, 2.45) is 11.8 Å². The van der Waals surface area contributed by atoms with Crippen LogP contribution in [0, 0.1) is 11.8 Å². The van der Waals surface area contributed by atoms with Crippen LogP contribution in [0.15, 0.2) is 0 Å². The molecule has 0 spiro atoms. The number of nitrogens with zero attached hydrogens (tertiary/aromatic N) is 1. The quantitative estimate of drug-likeness (QED) is 0.555. The van der Waals surface area contributed by atoms with Gasteiger partial charge < -0.3 is 4.90 Å². The average Bonchev–Trinajstić information content (AvgIpc) is 2.28. The topological polar surface area (TPSA) is 3.24 Å². The van der Waals surface area contributed by atoms with E-state index in [4.69, 9.17) is 0 Å². The van der Waals surface area contributed by atoms with Crippen LogP contribution in [-0.4, -0.2) is 24.5 Å². The summed E-state index contributed by atoms with van der Waals surface area (Å²) in [6, 6.07) is 0. The van der Waals surface area contributed by atoms with Gasteiger partial charge in [0.15, 0.2) is 0 Å². The second-order valence-electron chi connectivity index (χ2n) is 5.04. The lowest BCUT2D eigenvalue weighted by atomic mass is 10.0. The maximum absolute atomic E-state index is 2.61. The van der Waals surface area contributed by atoms with Gasteiger partial charge in [0, 0.05) is 0 Å². The average molecular weight is 213 g/mol. The third kappa shape index (κ3) is 7.84. The van der Waals surface area contributed by atoms with E-state index < -0.39 is 0 Å². The molecule has 0 aromatic heterocycles. The smallest absolute Gasteiger partial charge is 0.00163 e. The zero-order valence-corrected chi connectivity index (χ0v) is 11.6. The number of hydrogen-bond acceptors (Lipinski definition) is 1. The van der Waals surface area contributed by atoms with Crippen molar-refractivity contribution in [2.45, 2.75) is 60.3 Å². The molecule has 0 saturated carbocycles. The highest BCUT2D eigenvalue weighted by Crippen LogP contribution is 2.10. The number of rotatable bonds is 9. The summed E-state index contributed by atoms with van der Waals surface area (Å²) in [6.45, 7) is 15.4. The first-order valence-electron chi connectivity index (χ1n) is 6.86. The van der Waals surface area contributed by atoms with Crippen molar-refractivity contribution in [2.75, 3.05) is 19.6 Å². The SMILES string of the molecule is CCC(C)CCN(CC)CCC(C)CC. The first-order chi connectivity index (χ1) is 7.13. The monoisotopic (exact) mass is 213 g/mol. The van der Waals surface area contributed by atoms with Crippen molar-refractivity contribution in [3.63, 3.8) is 0 Å². The Hall–Kier alpha value is -0.0400. The predicted octanol–water partition coefficient (Wildman–Crippen LogP) is 4.18. The lowest BCUT2D eigenvalue weighted by Gasteiger charge is -2.23. The Balaban J connectivity index is 3.63. The van der Waals surface area contributed by atoms with Crippen LogP contribution in [0.4, 0.5) is 0 Å². The molecule has 0 fully saturated rings. The highest BCUT2D eigenvalue weighted by Gasteiger charge is 2.07. The normalized spacial score (nSPS) is 15.6. The first-order valence-corrected chi connectivity index (χ1v) is 6.86. The minimum absolute atomic E-state index is 0.891. The third-order valence-corrected chi connectivity index (χ3v) is 3.72. The fourth-order valence-corrected chi connectivity index (χ4v) is 1.64. The van der Waals surface area contributed by atoms with E-state index in [1.807, 2.05) is 0 Å². The number of hydrogen-bond donors (Lipinski definition) is 0. The van der Waals surface area contributed by atoms with Crippen LogP contribution in [-0.2, 0) is 0 Å². The van der Waals surface area contributed by atoms with Gasteiger partial charge in [-0.3, -0.25) is 0 Å². The van der Waals surface area contributed by atoms with Crippen LogP contribution in [0.5, 0.6) is 0 Å². The molecular formula is C14H31N. The molecule has 0 radical (unpaired) electrons. The van der Waals surface area contributed by atoms with Crippen molar-refractivity contribution in [1.29, 1.82) is 0 Å². The summed E-state index contributed by atoms with van der Waals surface area (Å²) < 4.78 is 0. The first kappa shape index (κ1) is 15.0. The Morgan fingerprint density at radius 3 is 1.47 bits per heavy atom. The molecule has 1 heteroatoms. The van der Waals surface area contributed by atoms with Gasteiger partial charge in [0.2, 0.25) is 0 Å². The van der Waals surface area contributed by atoms with Crippen LogP contribution >= 0.6 is 0 Å². The minimum atomic E-state index is 0.891. The van der Waals surface area contributed by atoms with Gasteiger partial charge in [0.25, 0.3) is 0 Å². The predicted molar refractivity (Wildman–Crippen MR) is 70.3 cm³/mol. The Kier molecular flexibility index (Phi) is 9.18. The van der Waals surface area contributed by atoms with Gasteiger partial charge in [-0.15, -0.1) is 0 Å². The van der Waals surface area contributed by atoms with Crippen molar-refractivity contribution in [1.82, 2.24) is 4.90 Å². The van der Waals surface area contributed by atoms with Gasteiger partial charge in [-0.25, -0.2) is 0 Å². The molecular weight excluding hydrogens is 182 g/mol. The summed E-state index contributed by atoms with van der Waals surface area (Å²) in [4.78, 5) is 2.61. The molecule has 0 N–H and O–H groups in total. The van der Waals surface area contributed by atoms with Crippen LogP contribution in [0.3, 0.4) is 0 Å². The van der Waals surface area contributed by atoms with E-state index in [0.717, 1.165) is 11.8 Å². The van der Waals surface area contributed by atoms with E-state index in [1.165, 1.54) is 45.3 Å². The molecule has 0 rings (SSSR count). The summed E-state index contributed by atoms with van der Waals surface area (Å²) in [5.74, 6) is 1.78. The largest absolute Gasteiger partial charge is 0.304 e. The maximum atomic E-state index is 2.61. The van der Waals surface area contributed by atoms with Crippen molar-refractivity contribution in [3.05, 3.63) is 0 Å². The summed E-state index contributed by atoms with van der Waals surface area (Å²) in [6.07, 6.45) is 5.38. The second kappa shape index (κ2) is 9.21. The molecule has 0 aliphatic rings. The zero-order chi connectivity index (χ0) is 11.7. The van der Waals surface area contributed by atoms with E-state index in [2.05, 4.69) is 39.5 Å². The standard InChI is InChI=1S/C14H31N/c1-6-13(4)9-11-15(8-3)12-10-14(5)7-2/h13-14H,6-12H2,1-5H3. The summed E-state index contributed by atoms with van der Waals surface area (Å²) in [5.41, 5.74) is 0. The lowest BCUT2D eigenvalue weighted by Crippen LogP contribution is -2.27. The maximum Gasteiger partial charge on any atom is -0.00163 e. The molecule has 0 saturated heterocycles. The molecule has 15 heavy (non-hydrogen) atoms. The molecule has 0 aromatic rings. The molecule has 2 unspecified atom stereocenters. The highest BCUT2D eigenvalue weighted by atomic mass is 15.1. The molecule has 2 atom stereocenters. The summed E-state index contributed by atoms with van der Waals surface area (Å²) >= 11 is 0. The minimum Gasteiger partial charge on any atom is -0.304 e. The third-order valence-electron chi connectivity index (χ3n) is 3.72. The molecule has 0 aromatic carbocycles. The Morgan fingerprint density at radius 1 is 0.800 bits per heavy atom. The van der Waals surface area contributed by atoms with E-state index in [-0.39, 0.29) is 0 Å². The van der Waals surface area contributed by atoms with Gasteiger partial charge in [0.1, 0.15) is 0 Å². The van der Waals surface area contributed by atoms with Gasteiger partial charge >= 0.3 is 0 Å². The Morgan fingerprint density at radius 2 is 1.20 bits per heavy atom. The van der Waals surface area contributed by atoms with Crippen LogP contribution < -0.4 is 0 Å². The van der Waals surface area contributed by atoms with Gasteiger partial charge in [-0.05, 0) is 44.3 Å². The van der Waals surface area contributed by atoms with E-state index >= 15 is 0 Å². The summed E-state index contributed by atoms with van der Waals surface area (Å²) in [7, 11) is 0. The van der Waals surface area contributed by atoms with Crippen molar-refractivity contribution in [3.8, 4) is 0 Å². The van der Waals surface area contributed by atoms with E-state index in [0.29, 0.717) is 0 Å². The Labute approximate surface area is 97.2 Å². The fraction of sp³-hybridized carbons (Fsp3) is 1.00. The van der Waals surface area contributed by atoms with Gasteiger partial charge in [-0.1, -0.05) is 47.5 Å². The van der Waals surface area contributed by atoms with Crippen LogP contribution in [0.1, 0.15) is 60.3 Å². The lowest BCUT2D eigenvalue weighted by molar-refractivity contribution is 0.247.